The van der Waals surface area contributed by atoms with Gasteiger partial charge in [-0.05, 0) is 18.1 Å². The van der Waals surface area contributed by atoms with Crippen molar-refractivity contribution in [2.24, 2.45) is 0 Å². The number of esters is 1. The van der Waals surface area contributed by atoms with E-state index >= 15 is 0 Å². The van der Waals surface area contributed by atoms with Crippen LogP contribution in [0.1, 0.15) is 17.5 Å². The molecule has 0 heterocycles. The van der Waals surface area contributed by atoms with Gasteiger partial charge in [0.1, 0.15) is 5.82 Å². The van der Waals surface area contributed by atoms with E-state index in [-0.39, 0.29) is 31.3 Å². The Bertz CT molecular complexity index is 688. The summed E-state index contributed by atoms with van der Waals surface area (Å²) >= 11 is 0. The highest BCUT2D eigenvalue weighted by Crippen LogP contribution is 2.09. The van der Waals surface area contributed by atoms with Crippen LogP contribution in [0.5, 0.6) is 0 Å². The summed E-state index contributed by atoms with van der Waals surface area (Å²) in [6, 6.07) is 15.8. The zero-order valence-corrected chi connectivity index (χ0v) is 13.6. The Morgan fingerprint density at radius 3 is 2.42 bits per heavy atom. The van der Waals surface area contributed by atoms with Crippen molar-refractivity contribution in [3.63, 3.8) is 0 Å². The molecule has 0 bridgehead atoms. The summed E-state index contributed by atoms with van der Waals surface area (Å²) in [6.07, 6.45) is 0.785. The van der Waals surface area contributed by atoms with Gasteiger partial charge in [0.05, 0.1) is 0 Å². The van der Waals surface area contributed by atoms with E-state index in [2.05, 4.69) is 0 Å². The van der Waals surface area contributed by atoms with Crippen LogP contribution < -0.4 is 0 Å². The van der Waals surface area contributed by atoms with Crippen LogP contribution in [0.3, 0.4) is 0 Å². The average Bonchev–Trinajstić information content (AvgIpc) is 2.60. The van der Waals surface area contributed by atoms with Gasteiger partial charge in [-0.3, -0.25) is 9.59 Å². The third-order valence-corrected chi connectivity index (χ3v) is 3.61. The number of rotatable bonds is 7. The SMILES string of the molecule is CN(Cc1ccccc1F)C(=O)COC(=O)CCc1ccccc1. The maximum Gasteiger partial charge on any atom is 0.306 e. The lowest BCUT2D eigenvalue weighted by molar-refractivity contribution is -0.151. The predicted octanol–water partition coefficient (Wildman–Crippen LogP) is 2.96. The second kappa shape index (κ2) is 8.82. The first-order valence-electron chi connectivity index (χ1n) is 7.73. The molecule has 0 atom stereocenters. The number of hydrogen-bond acceptors (Lipinski definition) is 3. The molecule has 5 heteroatoms. The molecule has 0 aliphatic rings. The lowest BCUT2D eigenvalue weighted by Gasteiger charge is -2.17. The predicted molar refractivity (Wildman–Crippen MR) is 88.6 cm³/mol. The Morgan fingerprint density at radius 1 is 1.04 bits per heavy atom. The van der Waals surface area contributed by atoms with E-state index in [0.29, 0.717) is 12.0 Å². The number of likely N-dealkylation sites (N-methyl/N-ethyl adjacent to an activating group) is 1. The smallest absolute Gasteiger partial charge is 0.306 e. The number of aryl methyl sites for hydroxylation is 1. The summed E-state index contributed by atoms with van der Waals surface area (Å²) in [5, 5.41) is 0. The third kappa shape index (κ3) is 5.50. The van der Waals surface area contributed by atoms with Crippen LogP contribution in [0.25, 0.3) is 0 Å². The zero-order valence-electron chi connectivity index (χ0n) is 13.6. The fourth-order valence-electron chi connectivity index (χ4n) is 2.19. The van der Waals surface area contributed by atoms with Crippen molar-refractivity contribution in [1.29, 1.82) is 0 Å². The van der Waals surface area contributed by atoms with Crippen molar-refractivity contribution in [2.45, 2.75) is 19.4 Å². The minimum atomic E-state index is -0.425. The number of carbonyl (C=O) groups excluding carboxylic acids is 2. The summed E-state index contributed by atoms with van der Waals surface area (Å²) in [7, 11) is 1.55. The second-order valence-electron chi connectivity index (χ2n) is 5.49. The molecule has 0 aliphatic heterocycles. The molecule has 0 spiro atoms. The minimum Gasteiger partial charge on any atom is -0.456 e. The number of ether oxygens (including phenoxy) is 1. The molecule has 0 radical (unpaired) electrons. The average molecular weight is 329 g/mol. The minimum absolute atomic E-state index is 0.132. The van der Waals surface area contributed by atoms with Crippen molar-refractivity contribution in [3.05, 3.63) is 71.5 Å². The van der Waals surface area contributed by atoms with Gasteiger partial charge < -0.3 is 9.64 Å². The fraction of sp³-hybridized carbons (Fsp3) is 0.263. The molecule has 0 fully saturated rings. The van der Waals surface area contributed by atoms with Crippen molar-refractivity contribution in [1.82, 2.24) is 4.90 Å². The summed E-state index contributed by atoms with van der Waals surface area (Å²) in [5.74, 6) is -1.16. The lowest BCUT2D eigenvalue weighted by Crippen LogP contribution is -2.31. The second-order valence-corrected chi connectivity index (χ2v) is 5.49. The fourth-order valence-corrected chi connectivity index (χ4v) is 2.19. The van der Waals surface area contributed by atoms with Gasteiger partial charge in [-0.2, -0.15) is 0 Å². The molecule has 1 amide bonds. The molecule has 2 aromatic rings. The van der Waals surface area contributed by atoms with Crippen LogP contribution in [0.4, 0.5) is 4.39 Å². The molecule has 24 heavy (non-hydrogen) atoms. The molecule has 0 saturated carbocycles. The quantitative estimate of drug-likeness (QED) is 0.734. The number of carbonyl (C=O) groups is 2. The topological polar surface area (TPSA) is 46.6 Å². The third-order valence-electron chi connectivity index (χ3n) is 3.61. The Kier molecular flexibility index (Phi) is 6.49. The number of nitrogens with zero attached hydrogens (tertiary/aromatic N) is 1. The van der Waals surface area contributed by atoms with Gasteiger partial charge in [0.25, 0.3) is 5.91 Å². The molecule has 0 saturated heterocycles. The van der Waals surface area contributed by atoms with Gasteiger partial charge >= 0.3 is 5.97 Å². The first kappa shape index (κ1) is 17.7. The van der Waals surface area contributed by atoms with E-state index in [0.717, 1.165) is 5.56 Å². The van der Waals surface area contributed by atoms with Crippen molar-refractivity contribution in [2.75, 3.05) is 13.7 Å². The van der Waals surface area contributed by atoms with Crippen LogP contribution in [0, 0.1) is 5.82 Å². The Hall–Kier alpha value is -2.69. The number of amides is 1. The lowest BCUT2D eigenvalue weighted by atomic mass is 10.1. The van der Waals surface area contributed by atoms with E-state index in [1.54, 1.807) is 25.2 Å². The number of hydrogen-bond donors (Lipinski definition) is 0. The summed E-state index contributed by atoms with van der Waals surface area (Å²) in [4.78, 5) is 25.0. The van der Waals surface area contributed by atoms with Gasteiger partial charge in [-0.1, -0.05) is 48.5 Å². The van der Waals surface area contributed by atoms with Crippen molar-refractivity contribution >= 4 is 11.9 Å². The van der Waals surface area contributed by atoms with Gasteiger partial charge in [0.2, 0.25) is 0 Å². The highest BCUT2D eigenvalue weighted by molar-refractivity contribution is 5.80. The highest BCUT2D eigenvalue weighted by atomic mass is 19.1. The van der Waals surface area contributed by atoms with Gasteiger partial charge in [0.15, 0.2) is 6.61 Å². The monoisotopic (exact) mass is 329 g/mol. The van der Waals surface area contributed by atoms with Crippen LogP contribution in [0.2, 0.25) is 0 Å². The number of halogens is 1. The van der Waals surface area contributed by atoms with Crippen LogP contribution in [-0.2, 0) is 27.3 Å². The van der Waals surface area contributed by atoms with Crippen LogP contribution >= 0.6 is 0 Å². The zero-order chi connectivity index (χ0) is 17.4. The molecule has 2 rings (SSSR count). The first-order chi connectivity index (χ1) is 11.6. The molecular formula is C19H20FNO3. The largest absolute Gasteiger partial charge is 0.456 e. The Labute approximate surface area is 140 Å². The first-order valence-corrected chi connectivity index (χ1v) is 7.73. The van der Waals surface area contributed by atoms with Crippen LogP contribution in [0.15, 0.2) is 54.6 Å². The van der Waals surface area contributed by atoms with Gasteiger partial charge in [-0.25, -0.2) is 4.39 Å². The van der Waals surface area contributed by atoms with Crippen molar-refractivity contribution in [3.8, 4) is 0 Å². The van der Waals surface area contributed by atoms with Crippen LogP contribution in [-0.4, -0.2) is 30.4 Å². The maximum atomic E-state index is 13.6. The molecule has 0 aromatic heterocycles. The highest BCUT2D eigenvalue weighted by Gasteiger charge is 2.14. The molecule has 0 N–H and O–H groups in total. The van der Waals surface area contributed by atoms with Crippen molar-refractivity contribution < 1.29 is 18.7 Å². The number of benzene rings is 2. The standard InChI is InChI=1S/C19H20FNO3/c1-21(13-16-9-5-6-10-17(16)20)18(22)14-24-19(23)12-11-15-7-3-2-4-8-15/h2-10H,11-14H2,1H3. The summed E-state index contributed by atoms with van der Waals surface area (Å²) < 4.78 is 18.6. The molecule has 0 unspecified atom stereocenters. The van der Waals surface area contributed by atoms with Gasteiger partial charge in [0, 0.05) is 25.6 Å². The molecule has 4 nitrogen and oxygen atoms in total. The molecule has 2 aromatic carbocycles. The van der Waals surface area contributed by atoms with E-state index in [1.807, 2.05) is 30.3 Å². The Balaban J connectivity index is 1.73. The van der Waals surface area contributed by atoms with E-state index in [9.17, 15) is 14.0 Å². The summed E-state index contributed by atoms with van der Waals surface area (Å²) in [5.41, 5.74) is 1.46. The summed E-state index contributed by atoms with van der Waals surface area (Å²) in [6.45, 7) is -0.203. The van der Waals surface area contributed by atoms with E-state index in [1.165, 1.54) is 11.0 Å². The van der Waals surface area contributed by atoms with E-state index in [4.69, 9.17) is 4.74 Å². The molecule has 0 aliphatic carbocycles. The molecular weight excluding hydrogens is 309 g/mol. The normalized spacial score (nSPS) is 10.2. The molecule has 126 valence electrons. The maximum absolute atomic E-state index is 13.6. The Morgan fingerprint density at radius 2 is 1.71 bits per heavy atom. The van der Waals surface area contributed by atoms with E-state index < -0.39 is 5.97 Å². The van der Waals surface area contributed by atoms with Gasteiger partial charge in [-0.15, -0.1) is 0 Å².